The first-order valence-electron chi connectivity index (χ1n) is 9.16. The molecule has 2 atom stereocenters. The van der Waals surface area contributed by atoms with Gasteiger partial charge < -0.3 is 19.9 Å². The molecule has 0 radical (unpaired) electrons. The van der Waals surface area contributed by atoms with Crippen molar-refractivity contribution in [3.8, 4) is 0 Å². The van der Waals surface area contributed by atoms with E-state index < -0.39 is 0 Å². The molecule has 8 heteroatoms. The fourth-order valence-corrected chi connectivity index (χ4v) is 3.78. The zero-order chi connectivity index (χ0) is 18.5. The van der Waals surface area contributed by atoms with Crippen LogP contribution in [0.15, 0.2) is 24.3 Å². The molecule has 27 heavy (non-hydrogen) atoms. The number of hydrogen-bond donors (Lipinski definition) is 1. The molecule has 2 aliphatic heterocycles. The largest absolute Gasteiger partial charge is 0.378 e. The lowest BCUT2D eigenvalue weighted by atomic mass is 10.1. The number of halogens is 2. The number of piperazine rings is 1. The topological polar surface area (TPSA) is 61.9 Å². The fraction of sp³-hybridized carbons (Fsp3) is 0.579. The Hall–Kier alpha value is -1.34. The molecule has 150 valence electrons. The van der Waals surface area contributed by atoms with Crippen molar-refractivity contribution in [3.05, 3.63) is 34.9 Å². The van der Waals surface area contributed by atoms with Crippen LogP contribution in [-0.4, -0.2) is 73.1 Å². The first-order chi connectivity index (χ1) is 12.5. The first kappa shape index (κ1) is 22.0. The second kappa shape index (κ2) is 10.3. The summed E-state index contributed by atoms with van der Waals surface area (Å²) in [4.78, 5) is 28.9. The molecule has 2 heterocycles. The molecule has 6 nitrogen and oxygen atoms in total. The number of ether oxygens (including phenoxy) is 1. The summed E-state index contributed by atoms with van der Waals surface area (Å²) in [7, 11) is 0. The SMILES string of the molecule is CC1CN(C(=O)CC2COCCN2)CCN1C(=O)Cc1cccc(Cl)c1.Cl. The third kappa shape index (κ3) is 6.07. The highest BCUT2D eigenvalue weighted by atomic mass is 35.5. The van der Waals surface area contributed by atoms with Gasteiger partial charge in [0.25, 0.3) is 0 Å². The summed E-state index contributed by atoms with van der Waals surface area (Å²) in [6, 6.07) is 7.49. The van der Waals surface area contributed by atoms with Crippen LogP contribution in [0.1, 0.15) is 18.9 Å². The lowest BCUT2D eigenvalue weighted by Gasteiger charge is -2.40. The second-order valence-corrected chi connectivity index (χ2v) is 7.45. The zero-order valence-electron chi connectivity index (χ0n) is 15.5. The zero-order valence-corrected chi connectivity index (χ0v) is 17.1. The van der Waals surface area contributed by atoms with Gasteiger partial charge in [0.15, 0.2) is 0 Å². The molecule has 1 aromatic rings. The molecule has 2 fully saturated rings. The van der Waals surface area contributed by atoms with E-state index in [0.29, 0.717) is 50.7 Å². The van der Waals surface area contributed by atoms with E-state index in [-0.39, 0.29) is 36.3 Å². The number of nitrogens with one attached hydrogen (secondary N) is 1. The van der Waals surface area contributed by atoms with E-state index in [2.05, 4.69) is 5.32 Å². The Bertz CT molecular complexity index is 653. The van der Waals surface area contributed by atoms with Crippen LogP contribution < -0.4 is 5.32 Å². The van der Waals surface area contributed by atoms with Gasteiger partial charge in [0, 0.05) is 49.7 Å². The molecular formula is C19H27Cl2N3O3. The summed E-state index contributed by atoms with van der Waals surface area (Å²) in [5.41, 5.74) is 0.913. The number of hydrogen-bond acceptors (Lipinski definition) is 4. The molecule has 0 aromatic heterocycles. The maximum Gasteiger partial charge on any atom is 0.227 e. The first-order valence-corrected chi connectivity index (χ1v) is 9.53. The number of amides is 2. The van der Waals surface area contributed by atoms with Crippen molar-refractivity contribution in [2.75, 3.05) is 39.4 Å². The Balaban J connectivity index is 0.00000261. The number of carbonyl (C=O) groups is 2. The van der Waals surface area contributed by atoms with Gasteiger partial charge in [-0.15, -0.1) is 12.4 Å². The molecular weight excluding hydrogens is 389 g/mol. The van der Waals surface area contributed by atoms with Crippen molar-refractivity contribution < 1.29 is 14.3 Å². The molecule has 0 spiro atoms. The van der Waals surface area contributed by atoms with Gasteiger partial charge in [-0.05, 0) is 24.6 Å². The molecule has 0 saturated carbocycles. The number of benzene rings is 1. The Morgan fingerprint density at radius 2 is 2.11 bits per heavy atom. The predicted octanol–water partition coefficient (Wildman–Crippen LogP) is 1.74. The Labute approximate surface area is 171 Å². The predicted molar refractivity (Wildman–Crippen MR) is 107 cm³/mol. The lowest BCUT2D eigenvalue weighted by molar-refractivity contribution is -0.142. The Kier molecular flexibility index (Phi) is 8.35. The molecule has 2 aliphatic rings. The molecule has 2 unspecified atom stereocenters. The molecule has 2 saturated heterocycles. The molecule has 3 rings (SSSR count). The van der Waals surface area contributed by atoms with Gasteiger partial charge in [-0.25, -0.2) is 0 Å². The highest BCUT2D eigenvalue weighted by molar-refractivity contribution is 6.30. The monoisotopic (exact) mass is 415 g/mol. The van der Waals surface area contributed by atoms with Gasteiger partial charge in [-0.3, -0.25) is 9.59 Å². The average Bonchev–Trinajstić information content (AvgIpc) is 2.62. The average molecular weight is 416 g/mol. The third-order valence-corrected chi connectivity index (χ3v) is 5.20. The number of morpholine rings is 1. The molecule has 0 bridgehead atoms. The van der Waals surface area contributed by atoms with E-state index >= 15 is 0 Å². The van der Waals surface area contributed by atoms with Gasteiger partial charge in [0.1, 0.15) is 0 Å². The number of nitrogens with zero attached hydrogens (tertiary/aromatic N) is 2. The number of carbonyl (C=O) groups excluding carboxylic acids is 2. The number of rotatable bonds is 4. The minimum atomic E-state index is 0. The highest BCUT2D eigenvalue weighted by Gasteiger charge is 2.30. The molecule has 1 aromatic carbocycles. The molecule has 0 aliphatic carbocycles. The summed E-state index contributed by atoms with van der Waals surface area (Å²) < 4.78 is 5.41. The van der Waals surface area contributed by atoms with E-state index in [0.717, 1.165) is 12.1 Å². The van der Waals surface area contributed by atoms with E-state index in [1.807, 2.05) is 34.9 Å². The maximum atomic E-state index is 12.6. The van der Waals surface area contributed by atoms with E-state index in [1.165, 1.54) is 0 Å². The minimum Gasteiger partial charge on any atom is -0.378 e. The van der Waals surface area contributed by atoms with Crippen LogP contribution in [-0.2, 0) is 20.7 Å². The van der Waals surface area contributed by atoms with Crippen LogP contribution in [0, 0.1) is 0 Å². The van der Waals surface area contributed by atoms with Crippen LogP contribution in [0.4, 0.5) is 0 Å². The van der Waals surface area contributed by atoms with E-state index in [4.69, 9.17) is 16.3 Å². The van der Waals surface area contributed by atoms with Crippen molar-refractivity contribution in [1.82, 2.24) is 15.1 Å². The summed E-state index contributed by atoms with van der Waals surface area (Å²) in [6.45, 7) is 5.80. The molecule has 2 amide bonds. The smallest absolute Gasteiger partial charge is 0.227 e. The van der Waals surface area contributed by atoms with Crippen LogP contribution >= 0.6 is 24.0 Å². The van der Waals surface area contributed by atoms with Gasteiger partial charge >= 0.3 is 0 Å². The minimum absolute atomic E-state index is 0. The normalized spacial score (nSPS) is 22.9. The maximum absolute atomic E-state index is 12.6. The van der Waals surface area contributed by atoms with Crippen molar-refractivity contribution in [3.63, 3.8) is 0 Å². The van der Waals surface area contributed by atoms with Crippen LogP contribution in [0.25, 0.3) is 0 Å². The third-order valence-electron chi connectivity index (χ3n) is 4.96. The lowest BCUT2D eigenvalue weighted by Crippen LogP contribution is -2.56. The van der Waals surface area contributed by atoms with Crippen molar-refractivity contribution in [2.45, 2.75) is 31.8 Å². The summed E-state index contributed by atoms with van der Waals surface area (Å²) in [6.07, 6.45) is 0.783. The summed E-state index contributed by atoms with van der Waals surface area (Å²) in [5, 5.41) is 3.95. The fourth-order valence-electron chi connectivity index (χ4n) is 3.57. The summed E-state index contributed by atoms with van der Waals surface area (Å²) >= 11 is 5.99. The summed E-state index contributed by atoms with van der Waals surface area (Å²) in [5.74, 6) is 0.205. The highest BCUT2D eigenvalue weighted by Crippen LogP contribution is 2.16. The standard InChI is InChI=1S/C19H26ClN3O3.ClH/c1-14-12-22(18(24)11-17-13-26-8-5-21-17)6-7-23(14)19(25)10-15-3-2-4-16(20)9-15;/h2-4,9,14,17,21H,5-8,10-13H2,1H3;1H. The van der Waals surface area contributed by atoms with Crippen LogP contribution in [0.2, 0.25) is 5.02 Å². The van der Waals surface area contributed by atoms with Crippen LogP contribution in [0.3, 0.4) is 0 Å². The van der Waals surface area contributed by atoms with Crippen LogP contribution in [0.5, 0.6) is 0 Å². The van der Waals surface area contributed by atoms with Gasteiger partial charge in [0.2, 0.25) is 11.8 Å². The van der Waals surface area contributed by atoms with Gasteiger partial charge in [-0.1, -0.05) is 23.7 Å². The Morgan fingerprint density at radius 3 is 2.78 bits per heavy atom. The van der Waals surface area contributed by atoms with E-state index in [9.17, 15) is 9.59 Å². The van der Waals surface area contributed by atoms with Crippen molar-refractivity contribution >= 4 is 35.8 Å². The van der Waals surface area contributed by atoms with Gasteiger partial charge in [0.05, 0.1) is 19.6 Å². The molecule has 1 N–H and O–H groups in total. The van der Waals surface area contributed by atoms with Gasteiger partial charge in [-0.2, -0.15) is 0 Å². The Morgan fingerprint density at radius 1 is 1.30 bits per heavy atom. The second-order valence-electron chi connectivity index (χ2n) is 7.01. The van der Waals surface area contributed by atoms with E-state index in [1.54, 1.807) is 6.07 Å². The quantitative estimate of drug-likeness (QED) is 0.813. The van der Waals surface area contributed by atoms with Crippen molar-refractivity contribution in [2.24, 2.45) is 0 Å². The van der Waals surface area contributed by atoms with Crippen molar-refractivity contribution in [1.29, 1.82) is 0 Å².